The van der Waals surface area contributed by atoms with Crippen LogP contribution in [0.5, 0.6) is 0 Å². The SMILES string of the molecule is C=CCOC(=O)OCCOCCOC(=O)O. The summed E-state index contributed by atoms with van der Waals surface area (Å²) < 4.78 is 18.2. The second kappa shape index (κ2) is 9.78. The molecule has 0 aromatic heterocycles. The minimum atomic E-state index is -1.35. The quantitative estimate of drug-likeness (QED) is 0.381. The average Bonchev–Trinajstić information content (AvgIpc) is 2.24. The van der Waals surface area contributed by atoms with Crippen LogP contribution in [0.25, 0.3) is 0 Å². The first kappa shape index (κ1) is 14.2. The van der Waals surface area contributed by atoms with Gasteiger partial charge in [-0.25, -0.2) is 9.59 Å². The standard InChI is InChI=1S/C9H14O7/c1-2-3-15-9(12)16-7-5-13-4-6-14-8(10)11/h2H,1,3-7H2,(H,10,11). The van der Waals surface area contributed by atoms with Crippen LogP contribution in [0.3, 0.4) is 0 Å². The minimum Gasteiger partial charge on any atom is -0.450 e. The Hall–Kier alpha value is -1.76. The van der Waals surface area contributed by atoms with Crippen LogP contribution in [-0.4, -0.2) is 50.5 Å². The lowest BCUT2D eigenvalue weighted by Gasteiger charge is -2.05. The van der Waals surface area contributed by atoms with Gasteiger partial charge in [-0.05, 0) is 0 Å². The van der Waals surface area contributed by atoms with Crippen LogP contribution >= 0.6 is 0 Å². The van der Waals surface area contributed by atoms with Crippen molar-refractivity contribution in [3.05, 3.63) is 12.7 Å². The number of ether oxygens (including phenoxy) is 4. The van der Waals surface area contributed by atoms with Gasteiger partial charge < -0.3 is 24.1 Å². The van der Waals surface area contributed by atoms with Gasteiger partial charge in [0, 0.05) is 0 Å². The number of rotatable bonds is 8. The highest BCUT2D eigenvalue weighted by molar-refractivity contribution is 5.59. The highest BCUT2D eigenvalue weighted by atomic mass is 16.7. The predicted octanol–water partition coefficient (Wildman–Crippen LogP) is 1.04. The molecule has 0 aromatic rings. The second-order valence-electron chi connectivity index (χ2n) is 2.42. The number of hydrogen-bond donors (Lipinski definition) is 1. The zero-order valence-corrected chi connectivity index (χ0v) is 8.72. The van der Waals surface area contributed by atoms with E-state index in [9.17, 15) is 9.59 Å². The van der Waals surface area contributed by atoms with Crippen LogP contribution in [0.1, 0.15) is 0 Å². The van der Waals surface area contributed by atoms with E-state index >= 15 is 0 Å². The van der Waals surface area contributed by atoms with Crippen LogP contribution in [0, 0.1) is 0 Å². The second-order valence-corrected chi connectivity index (χ2v) is 2.42. The van der Waals surface area contributed by atoms with Crippen molar-refractivity contribution in [3.63, 3.8) is 0 Å². The van der Waals surface area contributed by atoms with E-state index in [4.69, 9.17) is 9.84 Å². The molecular formula is C9H14O7. The van der Waals surface area contributed by atoms with E-state index in [0.29, 0.717) is 0 Å². The molecule has 7 heteroatoms. The molecule has 7 nitrogen and oxygen atoms in total. The molecule has 0 saturated carbocycles. The van der Waals surface area contributed by atoms with Gasteiger partial charge in [0.25, 0.3) is 0 Å². The Kier molecular flexibility index (Phi) is 8.71. The molecule has 0 spiro atoms. The largest absolute Gasteiger partial charge is 0.508 e. The van der Waals surface area contributed by atoms with Crippen LogP contribution in [-0.2, 0) is 18.9 Å². The van der Waals surface area contributed by atoms with Crippen molar-refractivity contribution in [2.45, 2.75) is 0 Å². The molecule has 0 aliphatic heterocycles. The third-order valence-electron chi connectivity index (χ3n) is 1.22. The van der Waals surface area contributed by atoms with E-state index in [-0.39, 0.29) is 33.0 Å². The molecule has 0 fully saturated rings. The summed E-state index contributed by atoms with van der Waals surface area (Å²) in [7, 11) is 0. The molecule has 0 bridgehead atoms. The maximum Gasteiger partial charge on any atom is 0.508 e. The summed E-state index contributed by atoms with van der Waals surface area (Å²) in [6.07, 6.45) is -0.737. The Morgan fingerprint density at radius 2 is 1.69 bits per heavy atom. The molecule has 0 unspecified atom stereocenters. The molecule has 16 heavy (non-hydrogen) atoms. The highest BCUT2D eigenvalue weighted by Crippen LogP contribution is 1.87. The lowest BCUT2D eigenvalue weighted by molar-refractivity contribution is 0.0155. The monoisotopic (exact) mass is 234 g/mol. The molecule has 0 radical (unpaired) electrons. The molecule has 0 saturated heterocycles. The smallest absolute Gasteiger partial charge is 0.450 e. The fraction of sp³-hybridized carbons (Fsp3) is 0.556. The highest BCUT2D eigenvalue weighted by Gasteiger charge is 2.01. The molecule has 0 heterocycles. The average molecular weight is 234 g/mol. The Morgan fingerprint density at radius 1 is 1.06 bits per heavy atom. The summed E-state index contributed by atoms with van der Waals surface area (Å²) >= 11 is 0. The summed E-state index contributed by atoms with van der Waals surface area (Å²) in [5.41, 5.74) is 0. The zero-order valence-electron chi connectivity index (χ0n) is 8.72. The molecule has 0 amide bonds. The molecule has 0 aliphatic rings. The van der Waals surface area contributed by atoms with Gasteiger partial charge in [0.15, 0.2) is 0 Å². The van der Waals surface area contributed by atoms with Crippen LogP contribution in [0.4, 0.5) is 9.59 Å². The van der Waals surface area contributed by atoms with E-state index < -0.39 is 12.3 Å². The van der Waals surface area contributed by atoms with E-state index in [1.807, 2.05) is 0 Å². The Labute approximate surface area is 92.5 Å². The molecule has 0 aliphatic carbocycles. The molecule has 0 aromatic carbocycles. The summed E-state index contributed by atoms with van der Waals surface area (Å²) in [4.78, 5) is 20.6. The zero-order chi connectivity index (χ0) is 12.2. The van der Waals surface area contributed by atoms with Gasteiger partial charge >= 0.3 is 12.3 Å². The Balaban J connectivity index is 3.17. The lowest BCUT2D eigenvalue weighted by Crippen LogP contribution is -2.14. The summed E-state index contributed by atoms with van der Waals surface area (Å²) in [5, 5.41) is 8.10. The molecular weight excluding hydrogens is 220 g/mol. The van der Waals surface area contributed by atoms with Gasteiger partial charge in [0.1, 0.15) is 19.8 Å². The molecule has 0 atom stereocenters. The minimum absolute atomic E-state index is 0.0308. The number of carbonyl (C=O) groups excluding carboxylic acids is 1. The first-order valence-corrected chi connectivity index (χ1v) is 4.50. The maximum absolute atomic E-state index is 10.7. The van der Waals surface area contributed by atoms with Gasteiger partial charge in [-0.2, -0.15) is 0 Å². The number of carbonyl (C=O) groups is 2. The van der Waals surface area contributed by atoms with Crippen LogP contribution in [0.15, 0.2) is 12.7 Å². The lowest BCUT2D eigenvalue weighted by atomic mass is 10.7. The maximum atomic E-state index is 10.7. The Morgan fingerprint density at radius 3 is 2.25 bits per heavy atom. The van der Waals surface area contributed by atoms with E-state index in [1.165, 1.54) is 6.08 Å². The molecule has 1 N–H and O–H groups in total. The number of hydrogen-bond acceptors (Lipinski definition) is 6. The third kappa shape index (κ3) is 10.3. The van der Waals surface area contributed by atoms with Crippen LogP contribution in [0.2, 0.25) is 0 Å². The first-order chi connectivity index (χ1) is 7.66. The van der Waals surface area contributed by atoms with E-state index in [1.54, 1.807) is 0 Å². The van der Waals surface area contributed by atoms with Gasteiger partial charge in [0.2, 0.25) is 0 Å². The van der Waals surface area contributed by atoms with Crippen molar-refractivity contribution in [2.75, 3.05) is 33.0 Å². The van der Waals surface area contributed by atoms with E-state index in [0.717, 1.165) is 0 Å². The van der Waals surface area contributed by atoms with Crippen molar-refractivity contribution in [3.8, 4) is 0 Å². The van der Waals surface area contributed by atoms with E-state index in [2.05, 4.69) is 20.8 Å². The Bertz CT molecular complexity index is 226. The molecule has 0 rings (SSSR count). The van der Waals surface area contributed by atoms with Crippen molar-refractivity contribution >= 4 is 12.3 Å². The van der Waals surface area contributed by atoms with Crippen molar-refractivity contribution < 1.29 is 33.6 Å². The fourth-order valence-corrected chi connectivity index (χ4v) is 0.643. The van der Waals surface area contributed by atoms with Crippen LogP contribution < -0.4 is 0 Å². The summed E-state index contributed by atoms with van der Waals surface area (Å²) in [6.45, 7) is 3.67. The summed E-state index contributed by atoms with van der Waals surface area (Å²) in [5.74, 6) is 0. The van der Waals surface area contributed by atoms with Crippen molar-refractivity contribution in [1.29, 1.82) is 0 Å². The third-order valence-corrected chi connectivity index (χ3v) is 1.22. The fourth-order valence-electron chi connectivity index (χ4n) is 0.643. The predicted molar refractivity (Wildman–Crippen MR) is 52.3 cm³/mol. The topological polar surface area (TPSA) is 91.3 Å². The van der Waals surface area contributed by atoms with Gasteiger partial charge in [-0.3, -0.25) is 0 Å². The first-order valence-electron chi connectivity index (χ1n) is 4.50. The normalized spacial score (nSPS) is 9.25. The van der Waals surface area contributed by atoms with Gasteiger partial charge in [-0.1, -0.05) is 12.7 Å². The van der Waals surface area contributed by atoms with Crippen molar-refractivity contribution in [2.24, 2.45) is 0 Å². The van der Waals surface area contributed by atoms with Crippen molar-refractivity contribution in [1.82, 2.24) is 0 Å². The number of carboxylic acid groups (broad SMARTS) is 1. The van der Waals surface area contributed by atoms with Gasteiger partial charge in [0.05, 0.1) is 13.2 Å². The molecule has 92 valence electrons. The summed E-state index contributed by atoms with van der Waals surface area (Å²) in [6, 6.07) is 0. The van der Waals surface area contributed by atoms with Gasteiger partial charge in [-0.15, -0.1) is 0 Å².